The molecule has 2 nitrogen and oxygen atoms in total. The third-order valence-electron chi connectivity index (χ3n) is 1.63. The lowest BCUT2D eigenvalue weighted by Gasteiger charge is -2.16. The summed E-state index contributed by atoms with van der Waals surface area (Å²) in [5.41, 5.74) is 2.85. The largest absolute Gasteiger partial charge is 0.316 e. The van der Waals surface area contributed by atoms with Gasteiger partial charge in [-0.2, -0.15) is 0 Å². The van der Waals surface area contributed by atoms with Crippen molar-refractivity contribution in [2.75, 3.05) is 33.2 Å². The molecule has 0 rings (SSSR count). The van der Waals surface area contributed by atoms with Gasteiger partial charge in [-0.3, -0.25) is 0 Å². The fourth-order valence-corrected chi connectivity index (χ4v) is 1.06. The molecule has 0 saturated heterocycles. The standard InChI is InChI=1S/C9H19ClN2/c1-4-11-5-6-12(3)8-9(2)7-10/h7,11H,4-6,8H2,1-3H3. The van der Waals surface area contributed by atoms with Crippen molar-refractivity contribution in [2.24, 2.45) is 0 Å². The topological polar surface area (TPSA) is 15.3 Å². The molecule has 0 spiro atoms. The van der Waals surface area contributed by atoms with Crippen LogP contribution in [-0.4, -0.2) is 38.1 Å². The van der Waals surface area contributed by atoms with Crippen molar-refractivity contribution in [1.82, 2.24) is 10.2 Å². The van der Waals surface area contributed by atoms with Crippen molar-refractivity contribution in [3.8, 4) is 0 Å². The second kappa shape index (κ2) is 7.59. The summed E-state index contributed by atoms with van der Waals surface area (Å²) in [4.78, 5) is 2.25. The van der Waals surface area contributed by atoms with Gasteiger partial charge in [0.05, 0.1) is 0 Å². The fourth-order valence-electron chi connectivity index (χ4n) is 0.986. The predicted octanol–water partition coefficient (Wildman–Crippen LogP) is 1.67. The van der Waals surface area contributed by atoms with Crippen molar-refractivity contribution in [3.05, 3.63) is 11.1 Å². The molecule has 0 atom stereocenters. The van der Waals surface area contributed by atoms with Gasteiger partial charge in [0, 0.05) is 25.2 Å². The average molecular weight is 191 g/mol. The number of likely N-dealkylation sites (N-methyl/N-ethyl adjacent to an activating group) is 2. The Balaban J connectivity index is 3.39. The van der Waals surface area contributed by atoms with E-state index in [-0.39, 0.29) is 0 Å². The molecule has 0 aliphatic heterocycles. The minimum Gasteiger partial charge on any atom is -0.316 e. The molecule has 72 valence electrons. The van der Waals surface area contributed by atoms with Crippen LogP contribution in [0.4, 0.5) is 0 Å². The van der Waals surface area contributed by atoms with E-state index in [0.717, 1.165) is 26.2 Å². The molecule has 0 unspecified atom stereocenters. The summed E-state index contributed by atoms with van der Waals surface area (Å²) < 4.78 is 0. The highest BCUT2D eigenvalue weighted by molar-refractivity contribution is 6.25. The molecule has 0 aromatic heterocycles. The van der Waals surface area contributed by atoms with Gasteiger partial charge in [-0.05, 0) is 26.1 Å². The molecule has 12 heavy (non-hydrogen) atoms. The van der Waals surface area contributed by atoms with Gasteiger partial charge in [-0.25, -0.2) is 0 Å². The zero-order valence-electron chi connectivity index (χ0n) is 8.23. The van der Waals surface area contributed by atoms with Crippen molar-refractivity contribution < 1.29 is 0 Å². The number of hydrogen-bond donors (Lipinski definition) is 1. The van der Waals surface area contributed by atoms with Crippen LogP contribution in [-0.2, 0) is 0 Å². The smallest absolute Gasteiger partial charge is 0.0199 e. The van der Waals surface area contributed by atoms with Crippen LogP contribution in [0.2, 0.25) is 0 Å². The van der Waals surface area contributed by atoms with Crippen LogP contribution in [0.25, 0.3) is 0 Å². The predicted molar refractivity (Wildman–Crippen MR) is 55.7 cm³/mol. The van der Waals surface area contributed by atoms with Gasteiger partial charge in [0.15, 0.2) is 0 Å². The highest BCUT2D eigenvalue weighted by Crippen LogP contribution is 1.96. The zero-order chi connectivity index (χ0) is 9.40. The van der Waals surface area contributed by atoms with E-state index in [1.54, 1.807) is 5.54 Å². The first-order valence-corrected chi connectivity index (χ1v) is 4.79. The number of halogens is 1. The summed E-state index contributed by atoms with van der Waals surface area (Å²) in [6.07, 6.45) is 0. The van der Waals surface area contributed by atoms with E-state index < -0.39 is 0 Å². The van der Waals surface area contributed by atoms with E-state index in [1.807, 2.05) is 6.92 Å². The summed E-state index contributed by atoms with van der Waals surface area (Å²) in [6, 6.07) is 0. The number of nitrogens with zero attached hydrogens (tertiary/aromatic N) is 1. The summed E-state index contributed by atoms with van der Waals surface area (Å²) in [7, 11) is 2.10. The Hall–Kier alpha value is -0.0500. The van der Waals surface area contributed by atoms with Crippen molar-refractivity contribution in [2.45, 2.75) is 13.8 Å². The zero-order valence-corrected chi connectivity index (χ0v) is 8.99. The summed E-state index contributed by atoms with van der Waals surface area (Å²) >= 11 is 5.55. The Morgan fingerprint density at radius 1 is 1.58 bits per heavy atom. The number of rotatable bonds is 6. The lowest BCUT2D eigenvalue weighted by Crippen LogP contribution is -2.30. The van der Waals surface area contributed by atoms with Crippen LogP contribution in [0.1, 0.15) is 13.8 Å². The van der Waals surface area contributed by atoms with E-state index in [1.165, 1.54) is 5.57 Å². The SMILES string of the molecule is CCNCCN(C)CC(C)=CCl. The molecule has 0 aromatic carbocycles. The van der Waals surface area contributed by atoms with E-state index in [2.05, 4.69) is 24.2 Å². The van der Waals surface area contributed by atoms with Gasteiger partial charge in [-0.1, -0.05) is 18.5 Å². The minimum atomic E-state index is 0.953. The molecule has 0 aliphatic carbocycles. The normalized spacial score (nSPS) is 12.6. The van der Waals surface area contributed by atoms with Gasteiger partial charge < -0.3 is 10.2 Å². The third kappa shape index (κ3) is 6.65. The number of nitrogens with one attached hydrogen (secondary N) is 1. The second-order valence-corrected chi connectivity index (χ2v) is 3.27. The second-order valence-electron chi connectivity index (χ2n) is 3.05. The molecule has 1 N–H and O–H groups in total. The van der Waals surface area contributed by atoms with Crippen LogP contribution in [0.15, 0.2) is 11.1 Å². The molecule has 0 radical (unpaired) electrons. The molecule has 0 aromatic rings. The molecular weight excluding hydrogens is 172 g/mol. The highest BCUT2D eigenvalue weighted by Gasteiger charge is 1.97. The van der Waals surface area contributed by atoms with Crippen molar-refractivity contribution in [1.29, 1.82) is 0 Å². The monoisotopic (exact) mass is 190 g/mol. The Morgan fingerprint density at radius 2 is 2.25 bits per heavy atom. The molecule has 0 heterocycles. The first kappa shape index (κ1) is 11.9. The molecule has 0 amide bonds. The maximum absolute atomic E-state index is 5.55. The lowest BCUT2D eigenvalue weighted by molar-refractivity contribution is 0.359. The van der Waals surface area contributed by atoms with Gasteiger partial charge in [0.2, 0.25) is 0 Å². The first-order valence-electron chi connectivity index (χ1n) is 4.35. The molecule has 0 saturated carbocycles. The van der Waals surface area contributed by atoms with E-state index in [4.69, 9.17) is 11.6 Å². The molecular formula is C9H19ClN2. The highest BCUT2D eigenvalue weighted by atomic mass is 35.5. The third-order valence-corrected chi connectivity index (χ3v) is 2.00. The Morgan fingerprint density at radius 3 is 2.75 bits per heavy atom. The van der Waals surface area contributed by atoms with Gasteiger partial charge in [0.25, 0.3) is 0 Å². The maximum atomic E-state index is 5.55. The Bertz CT molecular complexity index is 134. The van der Waals surface area contributed by atoms with Crippen LogP contribution in [0.3, 0.4) is 0 Å². The summed E-state index contributed by atoms with van der Waals surface area (Å²) in [5.74, 6) is 0. The summed E-state index contributed by atoms with van der Waals surface area (Å²) in [5, 5.41) is 3.28. The van der Waals surface area contributed by atoms with Crippen LogP contribution >= 0.6 is 11.6 Å². The molecule has 3 heteroatoms. The maximum Gasteiger partial charge on any atom is 0.0199 e. The summed E-state index contributed by atoms with van der Waals surface area (Å²) in [6.45, 7) is 8.26. The van der Waals surface area contributed by atoms with Gasteiger partial charge >= 0.3 is 0 Å². The lowest BCUT2D eigenvalue weighted by atomic mass is 10.3. The van der Waals surface area contributed by atoms with E-state index >= 15 is 0 Å². The quantitative estimate of drug-likeness (QED) is 0.642. The molecule has 0 fully saturated rings. The fraction of sp³-hybridized carbons (Fsp3) is 0.778. The van der Waals surface area contributed by atoms with Gasteiger partial charge in [0.1, 0.15) is 0 Å². The Labute approximate surface area is 80.6 Å². The van der Waals surface area contributed by atoms with Crippen LogP contribution in [0, 0.1) is 0 Å². The molecule has 0 bridgehead atoms. The van der Waals surface area contributed by atoms with Crippen molar-refractivity contribution in [3.63, 3.8) is 0 Å². The van der Waals surface area contributed by atoms with E-state index in [0.29, 0.717) is 0 Å². The first-order chi connectivity index (χ1) is 5.70. The molecule has 0 aliphatic rings. The van der Waals surface area contributed by atoms with Crippen molar-refractivity contribution >= 4 is 11.6 Å². The van der Waals surface area contributed by atoms with E-state index in [9.17, 15) is 0 Å². The van der Waals surface area contributed by atoms with Gasteiger partial charge in [-0.15, -0.1) is 0 Å². The van der Waals surface area contributed by atoms with Crippen LogP contribution in [0.5, 0.6) is 0 Å². The average Bonchev–Trinajstić information content (AvgIpc) is 2.05. The number of hydrogen-bond acceptors (Lipinski definition) is 2. The Kier molecular flexibility index (Phi) is 7.56. The van der Waals surface area contributed by atoms with Crippen LogP contribution < -0.4 is 5.32 Å². The minimum absolute atomic E-state index is 0.953.